The lowest BCUT2D eigenvalue weighted by Crippen LogP contribution is -2.51. The highest BCUT2D eigenvalue weighted by Gasteiger charge is 2.50. The molecule has 0 bridgehead atoms. The summed E-state index contributed by atoms with van der Waals surface area (Å²) < 4.78 is 13.8. The number of hydrogen-bond acceptors (Lipinski definition) is 3. The lowest BCUT2D eigenvalue weighted by atomic mass is 10.1. The minimum absolute atomic E-state index is 0.0563. The van der Waals surface area contributed by atoms with Crippen molar-refractivity contribution >= 4 is 29.4 Å². The Labute approximate surface area is 142 Å². The molecule has 128 valence electrons. The van der Waals surface area contributed by atoms with E-state index >= 15 is 0 Å². The van der Waals surface area contributed by atoms with Gasteiger partial charge in [0.1, 0.15) is 5.82 Å². The van der Waals surface area contributed by atoms with Gasteiger partial charge in [-0.2, -0.15) is 0 Å². The molecule has 1 heterocycles. The van der Waals surface area contributed by atoms with Crippen molar-refractivity contribution in [2.24, 2.45) is 11.8 Å². The van der Waals surface area contributed by atoms with E-state index in [1.807, 2.05) is 0 Å². The summed E-state index contributed by atoms with van der Waals surface area (Å²) in [5, 5.41) is 8.95. The Morgan fingerprint density at radius 1 is 1.08 bits per heavy atom. The van der Waals surface area contributed by atoms with Crippen LogP contribution in [0, 0.1) is 17.7 Å². The summed E-state index contributed by atoms with van der Waals surface area (Å²) in [5.41, 5.74) is -0.160. The Morgan fingerprint density at radius 3 is 2.25 bits per heavy atom. The van der Waals surface area contributed by atoms with Gasteiger partial charge in [0.15, 0.2) is 0 Å². The first-order valence-electron chi connectivity index (χ1n) is 7.65. The standard InChI is InChI=1S/C16H16ClFN2O4/c17-11-2-1-3-12(18)13(11)15(22)20-6-4-19(5-7-20)14(21)9-8-10(9)16(23)24/h1-3,9-10H,4-8H2,(H,23,24). The van der Waals surface area contributed by atoms with Crippen LogP contribution in [0.5, 0.6) is 0 Å². The first-order valence-corrected chi connectivity index (χ1v) is 8.03. The van der Waals surface area contributed by atoms with Gasteiger partial charge in [-0.1, -0.05) is 17.7 Å². The molecular formula is C16H16ClFN2O4. The van der Waals surface area contributed by atoms with Crippen LogP contribution in [0.2, 0.25) is 5.02 Å². The molecule has 2 amide bonds. The van der Waals surface area contributed by atoms with Gasteiger partial charge in [-0.15, -0.1) is 0 Å². The summed E-state index contributed by atoms with van der Waals surface area (Å²) in [7, 11) is 0. The second-order valence-electron chi connectivity index (χ2n) is 6.00. The number of carboxylic acid groups (broad SMARTS) is 1. The van der Waals surface area contributed by atoms with Crippen molar-refractivity contribution in [1.29, 1.82) is 0 Å². The lowest BCUT2D eigenvalue weighted by Gasteiger charge is -2.35. The van der Waals surface area contributed by atoms with Gasteiger partial charge < -0.3 is 14.9 Å². The summed E-state index contributed by atoms with van der Waals surface area (Å²) in [6.45, 7) is 1.14. The van der Waals surface area contributed by atoms with Gasteiger partial charge in [0.05, 0.1) is 22.4 Å². The van der Waals surface area contributed by atoms with Crippen LogP contribution in [0.3, 0.4) is 0 Å². The third-order valence-electron chi connectivity index (χ3n) is 4.48. The molecule has 2 unspecified atom stereocenters. The second kappa shape index (κ2) is 6.39. The molecule has 24 heavy (non-hydrogen) atoms. The summed E-state index contributed by atoms with van der Waals surface area (Å²) in [6.07, 6.45) is 0.373. The molecule has 1 aliphatic carbocycles. The average molecular weight is 355 g/mol. The van der Waals surface area contributed by atoms with Crippen LogP contribution in [0.25, 0.3) is 0 Å². The number of aliphatic carboxylic acids is 1. The fourth-order valence-electron chi connectivity index (χ4n) is 2.97. The van der Waals surface area contributed by atoms with E-state index in [2.05, 4.69) is 0 Å². The lowest BCUT2D eigenvalue weighted by molar-refractivity contribution is -0.142. The van der Waals surface area contributed by atoms with E-state index < -0.39 is 29.5 Å². The molecule has 1 aliphatic heterocycles. The monoisotopic (exact) mass is 354 g/mol. The highest BCUT2D eigenvalue weighted by Crippen LogP contribution is 2.40. The largest absolute Gasteiger partial charge is 0.481 e. The number of piperazine rings is 1. The van der Waals surface area contributed by atoms with E-state index in [4.69, 9.17) is 16.7 Å². The molecule has 2 fully saturated rings. The quantitative estimate of drug-likeness (QED) is 0.892. The summed E-state index contributed by atoms with van der Waals surface area (Å²) in [4.78, 5) is 38.5. The summed E-state index contributed by atoms with van der Waals surface area (Å²) >= 11 is 5.91. The zero-order valence-corrected chi connectivity index (χ0v) is 13.5. The average Bonchev–Trinajstić information content (AvgIpc) is 3.35. The molecule has 1 N–H and O–H groups in total. The van der Waals surface area contributed by atoms with Crippen molar-refractivity contribution in [1.82, 2.24) is 9.80 Å². The summed E-state index contributed by atoms with van der Waals surface area (Å²) in [6, 6.07) is 4.06. The van der Waals surface area contributed by atoms with Crippen LogP contribution in [0.4, 0.5) is 4.39 Å². The van der Waals surface area contributed by atoms with Crippen molar-refractivity contribution < 1.29 is 23.9 Å². The molecular weight excluding hydrogens is 339 g/mol. The Bertz CT molecular complexity index is 683. The predicted octanol–water partition coefficient (Wildman–Crippen LogP) is 1.48. The molecule has 3 rings (SSSR count). The number of nitrogens with zero attached hydrogens (tertiary/aromatic N) is 2. The predicted molar refractivity (Wildman–Crippen MR) is 83.1 cm³/mol. The van der Waals surface area contributed by atoms with Crippen LogP contribution < -0.4 is 0 Å². The van der Waals surface area contributed by atoms with Gasteiger partial charge in [0, 0.05) is 26.2 Å². The molecule has 6 nitrogen and oxygen atoms in total. The van der Waals surface area contributed by atoms with Crippen LogP contribution >= 0.6 is 11.6 Å². The maximum absolute atomic E-state index is 13.8. The number of benzene rings is 1. The zero-order valence-electron chi connectivity index (χ0n) is 12.7. The molecule has 0 spiro atoms. The number of carbonyl (C=O) groups excluding carboxylic acids is 2. The van der Waals surface area contributed by atoms with Crippen molar-refractivity contribution in [3.05, 3.63) is 34.6 Å². The third kappa shape index (κ3) is 3.08. The number of hydrogen-bond donors (Lipinski definition) is 1. The molecule has 1 aromatic carbocycles. The molecule has 2 atom stereocenters. The first kappa shape index (κ1) is 16.7. The van der Waals surface area contributed by atoms with Gasteiger partial charge in [0.2, 0.25) is 5.91 Å². The normalized spacial score (nSPS) is 23.1. The van der Waals surface area contributed by atoms with Crippen LogP contribution in [-0.4, -0.2) is 58.9 Å². The van der Waals surface area contributed by atoms with E-state index in [-0.39, 0.29) is 29.6 Å². The molecule has 1 saturated carbocycles. The number of carboxylic acids is 1. The Hall–Kier alpha value is -2.15. The van der Waals surface area contributed by atoms with E-state index in [1.54, 1.807) is 4.90 Å². The Kier molecular flexibility index (Phi) is 4.45. The van der Waals surface area contributed by atoms with E-state index in [0.717, 1.165) is 0 Å². The van der Waals surface area contributed by atoms with Crippen molar-refractivity contribution in [3.8, 4) is 0 Å². The van der Waals surface area contributed by atoms with Crippen LogP contribution in [-0.2, 0) is 9.59 Å². The summed E-state index contributed by atoms with van der Waals surface area (Å²) in [5.74, 6) is -3.34. The third-order valence-corrected chi connectivity index (χ3v) is 4.79. The topological polar surface area (TPSA) is 77.9 Å². The number of halogens is 2. The molecule has 8 heteroatoms. The minimum atomic E-state index is -0.948. The van der Waals surface area contributed by atoms with Crippen LogP contribution in [0.15, 0.2) is 18.2 Å². The van der Waals surface area contributed by atoms with Gasteiger partial charge in [-0.05, 0) is 18.6 Å². The van der Waals surface area contributed by atoms with E-state index in [1.165, 1.54) is 23.1 Å². The smallest absolute Gasteiger partial charge is 0.307 e. The van der Waals surface area contributed by atoms with Crippen molar-refractivity contribution in [2.45, 2.75) is 6.42 Å². The fraction of sp³-hybridized carbons (Fsp3) is 0.438. The number of carbonyl (C=O) groups is 3. The highest BCUT2D eigenvalue weighted by atomic mass is 35.5. The zero-order chi connectivity index (χ0) is 17.4. The van der Waals surface area contributed by atoms with Gasteiger partial charge in [0.25, 0.3) is 5.91 Å². The number of rotatable bonds is 3. The van der Waals surface area contributed by atoms with Crippen molar-refractivity contribution in [3.63, 3.8) is 0 Å². The maximum Gasteiger partial charge on any atom is 0.307 e. The molecule has 0 radical (unpaired) electrons. The first-order chi connectivity index (χ1) is 11.4. The SMILES string of the molecule is O=C(O)C1CC1C(=O)N1CCN(C(=O)c2c(F)cccc2Cl)CC1. The minimum Gasteiger partial charge on any atom is -0.481 e. The molecule has 0 aromatic heterocycles. The number of amides is 2. The molecule has 1 aromatic rings. The van der Waals surface area contributed by atoms with E-state index in [9.17, 15) is 18.8 Å². The van der Waals surface area contributed by atoms with Gasteiger partial charge in [-0.25, -0.2) is 4.39 Å². The molecule has 1 saturated heterocycles. The fourth-order valence-corrected chi connectivity index (χ4v) is 3.21. The van der Waals surface area contributed by atoms with Gasteiger partial charge in [-0.3, -0.25) is 14.4 Å². The van der Waals surface area contributed by atoms with Crippen molar-refractivity contribution in [2.75, 3.05) is 26.2 Å². The van der Waals surface area contributed by atoms with E-state index in [0.29, 0.717) is 19.5 Å². The Balaban J connectivity index is 1.60. The Morgan fingerprint density at radius 2 is 1.71 bits per heavy atom. The maximum atomic E-state index is 13.8. The van der Waals surface area contributed by atoms with Crippen LogP contribution in [0.1, 0.15) is 16.8 Å². The molecule has 2 aliphatic rings. The highest BCUT2D eigenvalue weighted by molar-refractivity contribution is 6.33. The van der Waals surface area contributed by atoms with Gasteiger partial charge >= 0.3 is 5.97 Å². The second-order valence-corrected chi connectivity index (χ2v) is 6.41.